The number of aromatic nitrogens is 1. The van der Waals surface area contributed by atoms with Crippen LogP contribution < -0.4 is 51.4 Å². The summed E-state index contributed by atoms with van der Waals surface area (Å²) in [5, 5.41) is 20.4. The van der Waals surface area contributed by atoms with Crippen molar-refractivity contribution in [3.8, 4) is 5.75 Å². The predicted octanol–water partition coefficient (Wildman–Crippen LogP) is -1.15. The van der Waals surface area contributed by atoms with E-state index in [0.29, 0.717) is 5.39 Å². The van der Waals surface area contributed by atoms with Crippen molar-refractivity contribution in [3.05, 3.63) is 40.6 Å². The number of phenolic OH excluding ortho intramolecular Hbond substituents is 1. The van der Waals surface area contributed by atoms with E-state index in [1.54, 1.807) is 12.1 Å². The van der Waals surface area contributed by atoms with Crippen molar-refractivity contribution in [1.29, 1.82) is 0 Å². The largest absolute Gasteiger partial charge is 1.00 e. The van der Waals surface area contributed by atoms with Crippen LogP contribution in [-0.4, -0.2) is 15.0 Å². The monoisotopic (exact) mass is 229 g/mol. The van der Waals surface area contributed by atoms with Gasteiger partial charge in [0.05, 0.1) is 10.3 Å². The van der Waals surface area contributed by atoms with Gasteiger partial charge in [-0.15, -0.1) is 0 Å². The fourth-order valence-electron chi connectivity index (χ4n) is 1.30. The van der Waals surface area contributed by atoms with Crippen LogP contribution in [0.25, 0.3) is 10.9 Å². The molecule has 0 aliphatic rings. The van der Waals surface area contributed by atoms with Gasteiger partial charge in [-0.25, -0.2) is 0 Å². The van der Waals surface area contributed by atoms with Gasteiger partial charge in [-0.05, 0) is 18.2 Å². The van der Waals surface area contributed by atoms with Gasteiger partial charge >= 0.3 is 51.4 Å². The number of benzene rings is 1. The molecule has 2 rings (SSSR count). The third-order valence-corrected chi connectivity index (χ3v) is 1.92. The molecule has 1 N–H and O–H groups in total. The third-order valence-electron chi connectivity index (χ3n) is 1.92. The molecule has 0 radical (unpaired) electrons. The zero-order chi connectivity index (χ0) is 10.1. The molecule has 0 atom stereocenters. The number of nitrogens with zero attached hydrogens (tertiary/aromatic N) is 2. The number of nitro groups is 1. The van der Waals surface area contributed by atoms with E-state index in [9.17, 15) is 15.2 Å². The zero-order valence-corrected chi connectivity index (χ0v) is 11.2. The molecule has 5 nitrogen and oxygen atoms in total. The molecule has 6 heteroatoms. The Morgan fingerprint density at radius 2 is 2.07 bits per heavy atom. The first-order valence-corrected chi connectivity index (χ1v) is 3.91. The van der Waals surface area contributed by atoms with Gasteiger partial charge in [-0.2, -0.15) is 0 Å². The number of aromatic hydroxyl groups is 1. The van der Waals surface area contributed by atoms with Crippen LogP contribution >= 0.6 is 0 Å². The van der Waals surface area contributed by atoms with Crippen LogP contribution in [-0.2, 0) is 0 Å². The molecule has 0 saturated carbocycles. The van der Waals surface area contributed by atoms with Crippen molar-refractivity contribution in [1.82, 2.24) is 4.98 Å². The number of rotatable bonds is 1. The van der Waals surface area contributed by atoms with Crippen LogP contribution in [0.15, 0.2) is 30.5 Å². The third kappa shape index (κ3) is 2.35. The molecule has 0 saturated heterocycles. The summed E-state index contributed by atoms with van der Waals surface area (Å²) < 4.78 is 0. The topological polar surface area (TPSA) is 76.3 Å². The molecule has 70 valence electrons. The Morgan fingerprint density at radius 3 is 2.73 bits per heavy atom. The van der Waals surface area contributed by atoms with Crippen LogP contribution in [0.2, 0.25) is 0 Å². The fraction of sp³-hybridized carbons (Fsp3) is 0. The molecule has 0 unspecified atom stereocenters. The zero-order valence-electron chi connectivity index (χ0n) is 8.04. The molecule has 0 bridgehead atoms. The fourth-order valence-corrected chi connectivity index (χ4v) is 1.30. The van der Waals surface area contributed by atoms with Crippen molar-refractivity contribution >= 4 is 16.6 Å². The number of fused-ring (bicyclic) bond motifs is 1. The molecule has 0 fully saturated rings. The number of pyridine rings is 1. The summed E-state index contributed by atoms with van der Waals surface area (Å²) in [6.07, 6.45) is 1.48. The minimum Gasteiger partial charge on any atom is -0.506 e. The number of non-ortho nitro benzene ring substituents is 1. The molecule has 2 aromatic rings. The Labute approximate surface area is 128 Å². The van der Waals surface area contributed by atoms with Gasteiger partial charge in [0, 0.05) is 12.3 Å². The minimum absolute atomic E-state index is 0. The maximum Gasteiger partial charge on any atom is 1.00 e. The van der Waals surface area contributed by atoms with Crippen molar-refractivity contribution in [3.63, 3.8) is 0 Å². The van der Waals surface area contributed by atoms with E-state index >= 15 is 0 Å². The van der Waals surface area contributed by atoms with Crippen LogP contribution in [0.3, 0.4) is 0 Å². The number of hydrogen-bond donors (Lipinski definition) is 1. The quantitative estimate of drug-likeness (QED) is 0.381. The molecule has 1 heterocycles. The predicted molar refractivity (Wildman–Crippen MR) is 50.1 cm³/mol. The minimum atomic E-state index is -0.497. The molecule has 15 heavy (non-hydrogen) atoms. The van der Waals surface area contributed by atoms with E-state index in [4.69, 9.17) is 0 Å². The Hall–Kier alpha value is -0.534. The molecule has 0 aliphatic carbocycles. The van der Waals surface area contributed by atoms with Crippen LogP contribution in [0.4, 0.5) is 5.69 Å². The summed E-state index contributed by atoms with van der Waals surface area (Å²) in [4.78, 5) is 14.0. The van der Waals surface area contributed by atoms with E-state index in [1.807, 2.05) is 0 Å². The van der Waals surface area contributed by atoms with Gasteiger partial charge in [0.1, 0.15) is 11.3 Å². The van der Waals surface area contributed by atoms with Gasteiger partial charge in [0.15, 0.2) is 0 Å². The molecule has 0 amide bonds. The standard InChI is InChI=1S/C9H6N2O3.K/c12-8-4-3-7(11(13)14)6-2-1-5-10-9(6)8;/h1-5,12H;/q;+1. The number of hydrogen-bond acceptors (Lipinski definition) is 4. The summed E-state index contributed by atoms with van der Waals surface area (Å²) >= 11 is 0. The summed E-state index contributed by atoms with van der Waals surface area (Å²) in [6.45, 7) is 0. The Kier molecular flexibility index (Phi) is 4.18. The van der Waals surface area contributed by atoms with Gasteiger partial charge in [0.25, 0.3) is 5.69 Å². The average molecular weight is 229 g/mol. The first-order chi connectivity index (χ1) is 6.70. The second-order valence-electron chi connectivity index (χ2n) is 2.76. The molecular weight excluding hydrogens is 223 g/mol. The van der Waals surface area contributed by atoms with E-state index < -0.39 is 4.92 Å². The van der Waals surface area contributed by atoms with E-state index in [1.165, 1.54) is 18.3 Å². The van der Waals surface area contributed by atoms with Crippen molar-refractivity contribution in [2.24, 2.45) is 0 Å². The van der Waals surface area contributed by atoms with Gasteiger partial charge in [-0.3, -0.25) is 15.1 Å². The maximum atomic E-state index is 10.6. The molecule has 0 spiro atoms. The van der Waals surface area contributed by atoms with E-state index in [-0.39, 0.29) is 68.3 Å². The van der Waals surface area contributed by atoms with Crippen LogP contribution in [0, 0.1) is 10.1 Å². The smallest absolute Gasteiger partial charge is 0.506 e. The van der Waals surface area contributed by atoms with Gasteiger partial charge in [0.2, 0.25) is 0 Å². The molecule has 1 aromatic heterocycles. The van der Waals surface area contributed by atoms with Crippen molar-refractivity contribution in [2.45, 2.75) is 0 Å². The first-order valence-electron chi connectivity index (χ1n) is 3.91. The van der Waals surface area contributed by atoms with Gasteiger partial charge < -0.3 is 5.11 Å². The number of phenols is 1. The van der Waals surface area contributed by atoms with E-state index in [0.717, 1.165) is 0 Å². The molecule has 1 aromatic carbocycles. The maximum absolute atomic E-state index is 10.6. The Balaban J connectivity index is 0.00000112. The van der Waals surface area contributed by atoms with E-state index in [2.05, 4.69) is 4.98 Å². The van der Waals surface area contributed by atoms with Crippen molar-refractivity contribution < 1.29 is 61.4 Å². The summed E-state index contributed by atoms with van der Waals surface area (Å²) in [5.74, 6) is -0.0498. The average Bonchev–Trinajstić information content (AvgIpc) is 2.18. The SMILES string of the molecule is O=[N+]([O-])c1ccc(O)c2ncccc12.[K+]. The van der Waals surface area contributed by atoms with Crippen LogP contribution in [0.1, 0.15) is 0 Å². The molecule has 0 aliphatic heterocycles. The molecular formula is C9H6KN2O3+. The van der Waals surface area contributed by atoms with Gasteiger partial charge in [-0.1, -0.05) is 0 Å². The summed E-state index contributed by atoms with van der Waals surface area (Å²) in [6, 6.07) is 5.68. The Bertz CT molecular complexity index is 516. The summed E-state index contributed by atoms with van der Waals surface area (Å²) in [7, 11) is 0. The first kappa shape index (κ1) is 12.5. The normalized spacial score (nSPS) is 9.60. The second kappa shape index (κ2) is 5.00. The summed E-state index contributed by atoms with van der Waals surface area (Å²) in [5.41, 5.74) is 0.201. The van der Waals surface area contributed by atoms with Crippen LogP contribution in [0.5, 0.6) is 5.75 Å². The van der Waals surface area contributed by atoms with Crippen molar-refractivity contribution in [2.75, 3.05) is 0 Å². The second-order valence-corrected chi connectivity index (χ2v) is 2.76. The number of nitro benzene ring substituents is 1. The Morgan fingerprint density at radius 1 is 1.33 bits per heavy atom.